The standard InChI is InChI=1S/C44H76N6O4S2/c1-53-41-23-13-11-21-39(41)37-47-29-17-7-9-25-43(51)49-31-19-5-3-15-27-45-33-35-55-56-36-34-46-28-16-4-6-20-32-50-44(52)26-10-8-18-30-48-38-40-22-12-14-24-42(40)54-2/h11-14,21-24,45-48H,3-10,15-20,25-38H2,1-2H3,(H,49,51)(H,50,52). The van der Waals surface area contributed by atoms with Crippen LogP contribution in [-0.4, -0.2) is 89.9 Å². The van der Waals surface area contributed by atoms with Crippen LogP contribution in [0.1, 0.15) is 114 Å². The lowest BCUT2D eigenvalue weighted by molar-refractivity contribution is -0.122. The van der Waals surface area contributed by atoms with Crippen LogP contribution < -0.4 is 41.4 Å². The van der Waals surface area contributed by atoms with Crippen molar-refractivity contribution in [2.75, 3.05) is 78.1 Å². The zero-order valence-electron chi connectivity index (χ0n) is 34.9. The molecule has 0 bridgehead atoms. The second-order valence-electron chi connectivity index (χ2n) is 14.3. The molecule has 0 aliphatic heterocycles. The number of amides is 2. The van der Waals surface area contributed by atoms with Crippen LogP contribution in [0.2, 0.25) is 0 Å². The summed E-state index contributed by atoms with van der Waals surface area (Å²) < 4.78 is 10.8. The van der Waals surface area contributed by atoms with E-state index in [2.05, 4.69) is 44.0 Å². The first-order chi connectivity index (χ1) is 27.6. The Balaban J connectivity index is 1.19. The Labute approximate surface area is 348 Å². The van der Waals surface area contributed by atoms with Crippen LogP contribution in [0, 0.1) is 0 Å². The summed E-state index contributed by atoms with van der Waals surface area (Å²) in [5.41, 5.74) is 2.35. The highest BCUT2D eigenvalue weighted by molar-refractivity contribution is 8.76. The number of unbranched alkanes of at least 4 members (excludes halogenated alkanes) is 10. The summed E-state index contributed by atoms with van der Waals surface area (Å²) in [4.78, 5) is 24.2. The molecule has 0 spiro atoms. The molecule has 2 rings (SSSR count). The lowest BCUT2D eigenvalue weighted by Gasteiger charge is -2.09. The third-order valence-corrected chi connectivity index (χ3v) is 12.0. The Morgan fingerprint density at radius 2 is 0.804 bits per heavy atom. The molecule has 10 nitrogen and oxygen atoms in total. The molecule has 0 unspecified atom stereocenters. The van der Waals surface area contributed by atoms with Crippen LogP contribution in [0.5, 0.6) is 11.5 Å². The smallest absolute Gasteiger partial charge is 0.219 e. The lowest BCUT2D eigenvalue weighted by atomic mass is 10.1. The molecule has 6 N–H and O–H groups in total. The molecule has 0 atom stereocenters. The van der Waals surface area contributed by atoms with Crippen LogP contribution >= 0.6 is 21.6 Å². The van der Waals surface area contributed by atoms with E-state index in [1.165, 1.54) is 49.7 Å². The fourth-order valence-electron chi connectivity index (χ4n) is 6.25. The topological polar surface area (TPSA) is 125 Å². The van der Waals surface area contributed by atoms with E-state index in [9.17, 15) is 9.59 Å². The SMILES string of the molecule is COc1ccccc1CNCCCCCC(=O)NCCCCCCNCCSSCCNCCCCCCNC(=O)CCCCCNCc1ccccc1OC. The van der Waals surface area contributed by atoms with Crippen LogP contribution in [-0.2, 0) is 22.7 Å². The van der Waals surface area contributed by atoms with Crippen molar-refractivity contribution in [2.24, 2.45) is 0 Å². The lowest BCUT2D eigenvalue weighted by Crippen LogP contribution is -2.24. The van der Waals surface area contributed by atoms with Crippen molar-refractivity contribution in [3.05, 3.63) is 59.7 Å². The molecular formula is C44H76N6O4S2. The van der Waals surface area contributed by atoms with Crippen molar-refractivity contribution >= 4 is 33.4 Å². The molecule has 0 saturated carbocycles. The average molecular weight is 817 g/mol. The average Bonchev–Trinajstić information content (AvgIpc) is 3.22. The molecule has 318 valence electrons. The molecule has 0 aliphatic rings. The van der Waals surface area contributed by atoms with Crippen molar-refractivity contribution in [3.8, 4) is 11.5 Å². The van der Waals surface area contributed by atoms with Crippen molar-refractivity contribution in [1.82, 2.24) is 31.9 Å². The summed E-state index contributed by atoms with van der Waals surface area (Å²) >= 11 is 0. The molecule has 0 aromatic heterocycles. The summed E-state index contributed by atoms with van der Waals surface area (Å²) in [6.07, 6.45) is 16.7. The highest BCUT2D eigenvalue weighted by atomic mass is 33.1. The molecule has 0 radical (unpaired) electrons. The molecular weight excluding hydrogens is 741 g/mol. The van der Waals surface area contributed by atoms with Gasteiger partial charge in [0.2, 0.25) is 11.8 Å². The zero-order chi connectivity index (χ0) is 40.0. The predicted molar refractivity (Wildman–Crippen MR) is 240 cm³/mol. The summed E-state index contributed by atoms with van der Waals surface area (Å²) in [7, 11) is 7.32. The van der Waals surface area contributed by atoms with Gasteiger partial charge < -0.3 is 41.4 Å². The maximum Gasteiger partial charge on any atom is 0.219 e. The number of ether oxygens (including phenoxy) is 2. The molecule has 2 amide bonds. The largest absolute Gasteiger partial charge is 0.496 e. The molecule has 56 heavy (non-hydrogen) atoms. The fraction of sp³-hybridized carbons (Fsp3) is 0.682. The number of methoxy groups -OCH3 is 2. The van der Waals surface area contributed by atoms with Gasteiger partial charge >= 0.3 is 0 Å². The zero-order valence-corrected chi connectivity index (χ0v) is 36.5. The van der Waals surface area contributed by atoms with Gasteiger partial charge in [-0.2, -0.15) is 0 Å². The molecule has 2 aromatic rings. The summed E-state index contributed by atoms with van der Waals surface area (Å²) in [5, 5.41) is 20.2. The maximum atomic E-state index is 12.1. The second-order valence-corrected chi connectivity index (χ2v) is 17.0. The minimum Gasteiger partial charge on any atom is -0.496 e. The minimum atomic E-state index is 0.189. The van der Waals surface area contributed by atoms with Gasteiger partial charge in [-0.15, -0.1) is 0 Å². The summed E-state index contributed by atoms with van der Waals surface area (Å²) in [5.74, 6) is 4.49. The van der Waals surface area contributed by atoms with Crippen molar-refractivity contribution in [3.63, 3.8) is 0 Å². The van der Waals surface area contributed by atoms with Crippen molar-refractivity contribution in [1.29, 1.82) is 0 Å². The monoisotopic (exact) mass is 817 g/mol. The van der Waals surface area contributed by atoms with E-state index >= 15 is 0 Å². The van der Waals surface area contributed by atoms with Gasteiger partial charge in [0, 0.05) is 74.7 Å². The Hall–Kier alpha value is -2.48. The maximum absolute atomic E-state index is 12.1. The number of hydrogen-bond donors (Lipinski definition) is 6. The Kier molecular flexibility index (Phi) is 32.7. The summed E-state index contributed by atoms with van der Waals surface area (Å²) in [6.45, 7) is 9.37. The Morgan fingerprint density at radius 1 is 0.446 bits per heavy atom. The van der Waals surface area contributed by atoms with E-state index < -0.39 is 0 Å². The molecule has 2 aromatic carbocycles. The van der Waals surface area contributed by atoms with Crippen LogP contribution in [0.25, 0.3) is 0 Å². The third kappa shape index (κ3) is 28.0. The molecule has 12 heteroatoms. The van der Waals surface area contributed by atoms with Gasteiger partial charge in [-0.1, -0.05) is 96.5 Å². The first-order valence-corrected chi connectivity index (χ1v) is 24.0. The molecule has 0 heterocycles. The van der Waals surface area contributed by atoms with Gasteiger partial charge in [0.25, 0.3) is 0 Å². The first-order valence-electron chi connectivity index (χ1n) is 21.5. The van der Waals surface area contributed by atoms with E-state index in [0.29, 0.717) is 12.8 Å². The normalized spacial score (nSPS) is 11.1. The third-order valence-electron chi connectivity index (χ3n) is 9.54. The van der Waals surface area contributed by atoms with Gasteiger partial charge in [0.15, 0.2) is 0 Å². The number of benzene rings is 2. The van der Waals surface area contributed by atoms with Gasteiger partial charge in [0.05, 0.1) is 14.2 Å². The number of carbonyl (C=O) groups is 2. The molecule has 0 fully saturated rings. The minimum absolute atomic E-state index is 0.189. The van der Waals surface area contributed by atoms with Crippen LogP contribution in [0.15, 0.2) is 48.5 Å². The van der Waals surface area contributed by atoms with Crippen LogP contribution in [0.3, 0.4) is 0 Å². The Morgan fingerprint density at radius 3 is 1.21 bits per heavy atom. The van der Waals surface area contributed by atoms with Crippen molar-refractivity contribution < 1.29 is 19.1 Å². The number of hydrogen-bond acceptors (Lipinski definition) is 10. The van der Waals surface area contributed by atoms with Gasteiger partial charge in [0.1, 0.15) is 11.5 Å². The van der Waals surface area contributed by atoms with Crippen molar-refractivity contribution in [2.45, 2.75) is 116 Å². The highest BCUT2D eigenvalue weighted by Gasteiger charge is 2.04. The van der Waals surface area contributed by atoms with Crippen LogP contribution in [0.4, 0.5) is 0 Å². The Bertz CT molecular complexity index is 1150. The van der Waals surface area contributed by atoms with E-state index in [0.717, 1.165) is 140 Å². The number of carbonyl (C=O) groups excluding carboxylic acids is 2. The highest BCUT2D eigenvalue weighted by Crippen LogP contribution is 2.20. The molecule has 0 aliphatic carbocycles. The second kappa shape index (κ2) is 36.8. The number of nitrogens with one attached hydrogen (secondary N) is 6. The van der Waals surface area contributed by atoms with E-state index in [1.807, 2.05) is 58.0 Å². The fourth-order valence-corrected chi connectivity index (χ4v) is 8.15. The van der Waals surface area contributed by atoms with E-state index in [4.69, 9.17) is 9.47 Å². The molecule has 0 saturated heterocycles. The van der Waals surface area contributed by atoms with Gasteiger partial charge in [-0.3, -0.25) is 9.59 Å². The number of para-hydroxylation sites is 2. The number of rotatable bonds is 39. The predicted octanol–water partition coefficient (Wildman–Crippen LogP) is 7.62. The van der Waals surface area contributed by atoms with Gasteiger partial charge in [-0.05, 0) is 89.7 Å². The quantitative estimate of drug-likeness (QED) is 0.0297. The van der Waals surface area contributed by atoms with E-state index in [-0.39, 0.29) is 11.8 Å². The first kappa shape index (κ1) is 49.7. The van der Waals surface area contributed by atoms with E-state index in [1.54, 1.807) is 14.2 Å². The summed E-state index contributed by atoms with van der Waals surface area (Å²) in [6, 6.07) is 16.2. The van der Waals surface area contributed by atoms with Gasteiger partial charge in [-0.25, -0.2) is 0 Å².